The van der Waals surface area contributed by atoms with E-state index in [0.717, 1.165) is 27.3 Å². The zero-order valence-electron chi connectivity index (χ0n) is 8.38. The van der Waals surface area contributed by atoms with Gasteiger partial charge in [0, 0.05) is 12.9 Å². The lowest BCUT2D eigenvalue weighted by atomic mass is 10.1. The molecule has 2 N–H and O–H groups in total. The largest absolute Gasteiger partial charge is 0.320 e. The topological polar surface area (TPSA) is 26.0 Å². The first-order chi connectivity index (χ1) is 7.99. The van der Waals surface area contributed by atoms with Gasteiger partial charge in [-0.1, -0.05) is 17.7 Å². The van der Waals surface area contributed by atoms with Crippen molar-refractivity contribution in [3.63, 3.8) is 0 Å². The van der Waals surface area contributed by atoms with E-state index in [2.05, 4.69) is 54.5 Å². The van der Waals surface area contributed by atoms with Gasteiger partial charge < -0.3 is 5.73 Å². The molecule has 2 aromatic rings. The van der Waals surface area contributed by atoms with Gasteiger partial charge in [0.15, 0.2) is 0 Å². The maximum Gasteiger partial charge on any atom is 0.0843 e. The lowest BCUT2D eigenvalue weighted by Gasteiger charge is -2.10. The van der Waals surface area contributed by atoms with Crippen molar-refractivity contribution >= 4 is 77.4 Å². The van der Waals surface area contributed by atoms with Crippen LogP contribution in [0.1, 0.15) is 16.5 Å². The molecule has 0 bridgehead atoms. The van der Waals surface area contributed by atoms with Gasteiger partial charge >= 0.3 is 0 Å². The maximum atomic E-state index is 6.23. The quantitative estimate of drug-likeness (QED) is 0.528. The van der Waals surface area contributed by atoms with Crippen LogP contribution in [0.3, 0.4) is 0 Å². The zero-order chi connectivity index (χ0) is 12.6. The van der Waals surface area contributed by atoms with E-state index in [9.17, 15) is 0 Å². The number of hydrogen-bond acceptors (Lipinski definition) is 2. The van der Waals surface area contributed by atoms with Gasteiger partial charge in [0.1, 0.15) is 0 Å². The Morgan fingerprint density at radius 1 is 1.29 bits per heavy atom. The number of nitrogens with two attached hydrogens (primary N) is 1. The molecule has 0 aliphatic rings. The highest BCUT2D eigenvalue weighted by molar-refractivity contribution is 14.1. The van der Waals surface area contributed by atoms with Gasteiger partial charge in [-0.3, -0.25) is 0 Å². The van der Waals surface area contributed by atoms with Crippen LogP contribution < -0.4 is 5.73 Å². The van der Waals surface area contributed by atoms with Crippen molar-refractivity contribution in [1.82, 2.24) is 0 Å². The Bertz CT molecular complexity index is 539. The lowest BCUT2D eigenvalue weighted by molar-refractivity contribution is 0.892. The second kappa shape index (κ2) is 5.88. The molecule has 17 heavy (non-hydrogen) atoms. The van der Waals surface area contributed by atoms with Crippen LogP contribution in [0.4, 0.5) is 0 Å². The summed E-state index contributed by atoms with van der Waals surface area (Å²) in [6.07, 6.45) is 0. The molecule has 0 saturated heterocycles. The summed E-state index contributed by atoms with van der Waals surface area (Å²) in [6.45, 7) is 0. The summed E-state index contributed by atoms with van der Waals surface area (Å²) in [5, 5.41) is 0.744. The third kappa shape index (κ3) is 3.25. The fourth-order valence-corrected chi connectivity index (χ4v) is 4.03. The Hall–Kier alpha value is 0.860. The molecule has 1 heterocycles. The highest BCUT2D eigenvalue weighted by Crippen LogP contribution is 2.37. The number of halogens is 4. The van der Waals surface area contributed by atoms with Crippen molar-refractivity contribution in [2.24, 2.45) is 5.73 Å². The molecule has 1 atom stereocenters. The molecule has 6 heteroatoms. The molecular weight excluding hydrogens is 500 g/mol. The van der Waals surface area contributed by atoms with Crippen molar-refractivity contribution in [2.45, 2.75) is 6.04 Å². The summed E-state index contributed by atoms with van der Waals surface area (Å²) in [5.74, 6) is 0. The van der Waals surface area contributed by atoms with Gasteiger partial charge in [-0.25, -0.2) is 0 Å². The maximum absolute atomic E-state index is 6.23. The number of benzene rings is 1. The van der Waals surface area contributed by atoms with Gasteiger partial charge in [0.25, 0.3) is 0 Å². The summed E-state index contributed by atoms with van der Waals surface area (Å²) in [7, 11) is 0. The molecule has 0 saturated carbocycles. The SMILES string of the molecule is NC(c1ccc(I)c(Cl)c1)c1cc(Br)c(Br)s1. The molecule has 0 fully saturated rings. The fourth-order valence-electron chi connectivity index (χ4n) is 1.39. The molecule has 1 aromatic heterocycles. The van der Waals surface area contributed by atoms with Crippen molar-refractivity contribution in [2.75, 3.05) is 0 Å². The standard InChI is InChI=1S/C11H7Br2ClINS/c12-6-4-9(17-11(6)13)10(16)5-1-2-8(15)7(14)3-5/h1-4,10H,16H2. The first-order valence-electron chi connectivity index (χ1n) is 4.64. The third-order valence-corrected chi connectivity index (χ3v) is 7.19. The Labute approximate surface area is 139 Å². The van der Waals surface area contributed by atoms with Crippen molar-refractivity contribution in [3.05, 3.63) is 51.6 Å². The molecule has 1 aromatic carbocycles. The van der Waals surface area contributed by atoms with Crippen LogP contribution in [0.2, 0.25) is 5.02 Å². The molecule has 0 aliphatic heterocycles. The van der Waals surface area contributed by atoms with Crippen LogP contribution in [0.25, 0.3) is 0 Å². The van der Waals surface area contributed by atoms with E-state index in [4.69, 9.17) is 17.3 Å². The average molecular weight is 507 g/mol. The molecule has 0 aliphatic carbocycles. The molecule has 90 valence electrons. The number of thiophene rings is 1. The second-order valence-electron chi connectivity index (χ2n) is 3.42. The van der Waals surface area contributed by atoms with E-state index in [-0.39, 0.29) is 6.04 Å². The normalized spacial score (nSPS) is 12.8. The Balaban J connectivity index is 2.36. The Morgan fingerprint density at radius 2 is 2.00 bits per heavy atom. The molecule has 2 rings (SSSR count). The lowest BCUT2D eigenvalue weighted by Crippen LogP contribution is -2.10. The summed E-state index contributed by atoms with van der Waals surface area (Å²) in [4.78, 5) is 1.10. The van der Waals surface area contributed by atoms with E-state index in [1.165, 1.54) is 0 Å². The monoisotopic (exact) mass is 505 g/mol. The van der Waals surface area contributed by atoms with Gasteiger partial charge in [-0.05, 0) is 78.2 Å². The van der Waals surface area contributed by atoms with E-state index < -0.39 is 0 Å². The minimum Gasteiger partial charge on any atom is -0.320 e. The van der Waals surface area contributed by atoms with Crippen LogP contribution in [0, 0.1) is 3.57 Å². The Kier molecular flexibility index (Phi) is 4.94. The molecule has 0 spiro atoms. The van der Waals surface area contributed by atoms with Crippen LogP contribution in [-0.2, 0) is 0 Å². The van der Waals surface area contributed by atoms with Gasteiger partial charge in [-0.2, -0.15) is 0 Å². The van der Waals surface area contributed by atoms with E-state index in [1.54, 1.807) is 11.3 Å². The highest BCUT2D eigenvalue weighted by atomic mass is 127. The predicted octanol–water partition coefficient (Wildman–Crippen LogP) is 5.58. The minimum absolute atomic E-state index is 0.142. The van der Waals surface area contributed by atoms with Crippen LogP contribution in [0.15, 0.2) is 32.5 Å². The molecule has 1 nitrogen and oxygen atoms in total. The predicted molar refractivity (Wildman–Crippen MR) is 89.9 cm³/mol. The third-order valence-electron chi connectivity index (χ3n) is 2.27. The summed E-state index contributed by atoms with van der Waals surface area (Å²) in [5.41, 5.74) is 7.25. The molecular formula is C11H7Br2ClINS. The van der Waals surface area contributed by atoms with Crippen LogP contribution in [-0.4, -0.2) is 0 Å². The summed E-state index contributed by atoms with van der Waals surface area (Å²) < 4.78 is 3.12. The van der Waals surface area contributed by atoms with Crippen LogP contribution in [0.5, 0.6) is 0 Å². The zero-order valence-corrected chi connectivity index (χ0v) is 15.3. The molecule has 1 unspecified atom stereocenters. The molecule has 0 radical (unpaired) electrons. The summed E-state index contributed by atoms with van der Waals surface area (Å²) in [6, 6.07) is 7.81. The first-order valence-corrected chi connectivity index (χ1v) is 8.50. The smallest absolute Gasteiger partial charge is 0.0843 e. The van der Waals surface area contributed by atoms with Gasteiger partial charge in [0.05, 0.1) is 14.9 Å². The second-order valence-corrected chi connectivity index (χ2v) is 8.25. The van der Waals surface area contributed by atoms with Crippen molar-refractivity contribution in [1.29, 1.82) is 0 Å². The van der Waals surface area contributed by atoms with Gasteiger partial charge in [-0.15, -0.1) is 11.3 Å². The highest BCUT2D eigenvalue weighted by Gasteiger charge is 2.14. The van der Waals surface area contributed by atoms with E-state index >= 15 is 0 Å². The fraction of sp³-hybridized carbons (Fsp3) is 0.0909. The summed E-state index contributed by atoms with van der Waals surface area (Å²) >= 11 is 16.9. The Morgan fingerprint density at radius 3 is 2.53 bits per heavy atom. The van der Waals surface area contributed by atoms with E-state index in [1.807, 2.05) is 24.3 Å². The van der Waals surface area contributed by atoms with Gasteiger partial charge in [0.2, 0.25) is 0 Å². The van der Waals surface area contributed by atoms with Crippen LogP contribution >= 0.6 is 77.4 Å². The minimum atomic E-state index is -0.142. The van der Waals surface area contributed by atoms with Crippen molar-refractivity contribution in [3.8, 4) is 0 Å². The van der Waals surface area contributed by atoms with E-state index in [0.29, 0.717) is 0 Å². The average Bonchev–Trinajstić information content (AvgIpc) is 2.62. The number of rotatable bonds is 2. The number of hydrogen-bond donors (Lipinski definition) is 1. The van der Waals surface area contributed by atoms with Crippen molar-refractivity contribution < 1.29 is 0 Å². The first kappa shape index (κ1) is 14.3. The molecule has 0 amide bonds.